The molecule has 1 N–H and O–H groups in total. The van der Waals surface area contributed by atoms with E-state index >= 15 is 0 Å². The van der Waals surface area contributed by atoms with Crippen molar-refractivity contribution in [2.45, 2.75) is 26.8 Å². The van der Waals surface area contributed by atoms with Crippen LogP contribution in [0.1, 0.15) is 25.8 Å². The Kier molecular flexibility index (Phi) is 6.92. The van der Waals surface area contributed by atoms with Crippen LogP contribution in [0.25, 0.3) is 16.9 Å². The number of nitrogens with zero attached hydrogens (tertiary/aromatic N) is 3. The van der Waals surface area contributed by atoms with Crippen LogP contribution in [0.4, 0.5) is 0 Å². The summed E-state index contributed by atoms with van der Waals surface area (Å²) in [7, 11) is 0. The predicted molar refractivity (Wildman–Crippen MR) is 109 cm³/mol. The van der Waals surface area contributed by atoms with E-state index in [2.05, 4.69) is 24.1 Å². The number of pyridine rings is 1. The Balaban J connectivity index is 1.70. The average molecular weight is 378 g/mol. The van der Waals surface area contributed by atoms with Crippen LogP contribution in [0.5, 0.6) is 0 Å². The van der Waals surface area contributed by atoms with Crippen LogP contribution in [0, 0.1) is 5.92 Å². The fourth-order valence-corrected chi connectivity index (χ4v) is 2.77. The minimum atomic E-state index is -0.0307. The van der Waals surface area contributed by atoms with E-state index in [1.54, 1.807) is 12.4 Å². The van der Waals surface area contributed by atoms with Crippen molar-refractivity contribution in [2.24, 2.45) is 5.92 Å². The lowest BCUT2D eigenvalue weighted by Gasteiger charge is -2.08. The zero-order chi connectivity index (χ0) is 19.8. The smallest absolute Gasteiger partial charge is 0.222 e. The summed E-state index contributed by atoms with van der Waals surface area (Å²) in [5.41, 5.74) is 3.72. The van der Waals surface area contributed by atoms with E-state index in [-0.39, 0.29) is 5.91 Å². The fraction of sp³-hybridized carbons (Fsp3) is 0.318. The van der Waals surface area contributed by atoms with Gasteiger partial charge in [-0.25, -0.2) is 4.68 Å². The average Bonchev–Trinajstić information content (AvgIpc) is 3.15. The molecule has 0 atom stereocenters. The van der Waals surface area contributed by atoms with Gasteiger partial charge in [-0.05, 0) is 30.2 Å². The largest absolute Gasteiger partial charge is 0.381 e. The number of ether oxygens (including phenoxy) is 1. The van der Waals surface area contributed by atoms with Crippen molar-refractivity contribution in [3.8, 4) is 16.9 Å². The first-order valence-electron chi connectivity index (χ1n) is 9.52. The number of carbonyl (C=O) groups is 1. The number of nitrogens with one attached hydrogen (secondary N) is 1. The van der Waals surface area contributed by atoms with Crippen molar-refractivity contribution in [2.75, 3.05) is 13.2 Å². The van der Waals surface area contributed by atoms with E-state index in [9.17, 15) is 4.79 Å². The molecule has 0 radical (unpaired) electrons. The molecule has 3 rings (SSSR count). The molecule has 146 valence electrons. The quantitative estimate of drug-likeness (QED) is 0.578. The maximum atomic E-state index is 12.2. The molecular weight excluding hydrogens is 352 g/mol. The molecule has 0 saturated carbocycles. The molecule has 0 bridgehead atoms. The van der Waals surface area contributed by atoms with Crippen molar-refractivity contribution < 1.29 is 9.53 Å². The topological polar surface area (TPSA) is 69.0 Å². The molecular formula is C22H26N4O2. The van der Waals surface area contributed by atoms with Crippen LogP contribution in [-0.2, 0) is 16.1 Å². The van der Waals surface area contributed by atoms with Gasteiger partial charge < -0.3 is 10.1 Å². The van der Waals surface area contributed by atoms with Gasteiger partial charge in [0, 0.05) is 49.3 Å². The second-order valence-electron chi connectivity index (χ2n) is 7.01. The zero-order valence-electron chi connectivity index (χ0n) is 16.3. The molecule has 3 aromatic rings. The second-order valence-corrected chi connectivity index (χ2v) is 7.01. The molecule has 0 aliphatic rings. The maximum Gasteiger partial charge on any atom is 0.222 e. The number of amides is 1. The van der Waals surface area contributed by atoms with E-state index in [1.165, 1.54) is 0 Å². The highest BCUT2D eigenvalue weighted by Crippen LogP contribution is 2.23. The predicted octanol–water partition coefficient (Wildman–Crippen LogP) is 3.61. The lowest BCUT2D eigenvalue weighted by molar-refractivity contribution is -0.122. The molecule has 0 aliphatic heterocycles. The standard InChI is InChI=1S/C22H26N4O2/c1-17(2)16-28-13-10-21(27)24-14-19-15-26(20-6-4-3-5-7-20)25-22(19)18-8-11-23-12-9-18/h3-9,11-12,15,17H,10,13-14,16H2,1-2H3,(H,24,27). The number of carbonyl (C=O) groups excluding carboxylic acids is 1. The number of hydrogen-bond acceptors (Lipinski definition) is 4. The summed E-state index contributed by atoms with van der Waals surface area (Å²) in [6.07, 6.45) is 5.79. The van der Waals surface area contributed by atoms with Gasteiger partial charge in [0.2, 0.25) is 5.91 Å². The fourth-order valence-electron chi connectivity index (χ4n) is 2.77. The van der Waals surface area contributed by atoms with Gasteiger partial charge in [0.15, 0.2) is 0 Å². The molecule has 28 heavy (non-hydrogen) atoms. The Hall–Kier alpha value is -2.99. The van der Waals surface area contributed by atoms with Gasteiger partial charge in [0.25, 0.3) is 0 Å². The van der Waals surface area contributed by atoms with Crippen LogP contribution < -0.4 is 5.32 Å². The van der Waals surface area contributed by atoms with Crippen LogP contribution in [-0.4, -0.2) is 33.9 Å². The Morgan fingerprint density at radius 1 is 1.14 bits per heavy atom. The summed E-state index contributed by atoms with van der Waals surface area (Å²) in [5.74, 6) is 0.437. The van der Waals surface area contributed by atoms with Gasteiger partial charge in [-0.3, -0.25) is 9.78 Å². The van der Waals surface area contributed by atoms with Crippen LogP contribution in [0.3, 0.4) is 0 Å². The summed E-state index contributed by atoms with van der Waals surface area (Å²) in [4.78, 5) is 16.2. The number of rotatable bonds is 9. The normalized spacial score (nSPS) is 11.0. The minimum Gasteiger partial charge on any atom is -0.381 e. The Morgan fingerprint density at radius 2 is 1.89 bits per heavy atom. The molecule has 0 spiro atoms. The first-order valence-corrected chi connectivity index (χ1v) is 9.52. The highest BCUT2D eigenvalue weighted by molar-refractivity contribution is 5.76. The highest BCUT2D eigenvalue weighted by atomic mass is 16.5. The summed E-state index contributed by atoms with van der Waals surface area (Å²) in [6, 6.07) is 13.8. The second kappa shape index (κ2) is 9.80. The summed E-state index contributed by atoms with van der Waals surface area (Å²) >= 11 is 0. The number of benzene rings is 1. The lowest BCUT2D eigenvalue weighted by Crippen LogP contribution is -2.24. The molecule has 6 heteroatoms. The van der Waals surface area contributed by atoms with E-state index in [0.717, 1.165) is 22.5 Å². The van der Waals surface area contributed by atoms with Gasteiger partial charge in [0.05, 0.1) is 18.0 Å². The third kappa shape index (κ3) is 5.50. The molecule has 0 aliphatic carbocycles. The van der Waals surface area contributed by atoms with Crippen LogP contribution in [0.2, 0.25) is 0 Å². The first-order chi connectivity index (χ1) is 13.6. The van der Waals surface area contributed by atoms with Crippen molar-refractivity contribution >= 4 is 5.91 Å². The van der Waals surface area contributed by atoms with Gasteiger partial charge in [-0.2, -0.15) is 5.10 Å². The molecule has 2 heterocycles. The molecule has 1 amide bonds. The molecule has 2 aromatic heterocycles. The SMILES string of the molecule is CC(C)COCCC(=O)NCc1cn(-c2ccccc2)nc1-c1ccncc1. The van der Waals surface area contributed by atoms with Crippen molar-refractivity contribution in [1.82, 2.24) is 20.1 Å². The number of para-hydroxylation sites is 1. The Morgan fingerprint density at radius 3 is 2.61 bits per heavy atom. The minimum absolute atomic E-state index is 0.0307. The molecule has 1 aromatic carbocycles. The van der Waals surface area contributed by atoms with Crippen molar-refractivity contribution in [3.05, 3.63) is 66.6 Å². The van der Waals surface area contributed by atoms with E-state index < -0.39 is 0 Å². The lowest BCUT2D eigenvalue weighted by atomic mass is 10.1. The van der Waals surface area contributed by atoms with Gasteiger partial charge >= 0.3 is 0 Å². The Bertz CT molecular complexity index is 876. The van der Waals surface area contributed by atoms with Crippen LogP contribution in [0.15, 0.2) is 61.1 Å². The molecule has 0 fully saturated rings. The number of aromatic nitrogens is 3. The third-order valence-corrected chi connectivity index (χ3v) is 4.17. The van der Waals surface area contributed by atoms with Crippen molar-refractivity contribution in [3.63, 3.8) is 0 Å². The monoisotopic (exact) mass is 378 g/mol. The molecule has 0 unspecified atom stereocenters. The highest BCUT2D eigenvalue weighted by Gasteiger charge is 2.13. The number of hydrogen-bond donors (Lipinski definition) is 1. The van der Waals surface area contributed by atoms with E-state index in [1.807, 2.05) is 53.3 Å². The summed E-state index contributed by atoms with van der Waals surface area (Å²) in [5, 5.41) is 7.71. The summed E-state index contributed by atoms with van der Waals surface area (Å²) in [6.45, 7) is 5.69. The first kappa shape index (κ1) is 19.8. The Labute approximate surface area is 165 Å². The zero-order valence-corrected chi connectivity index (χ0v) is 16.3. The maximum absolute atomic E-state index is 12.2. The van der Waals surface area contributed by atoms with Gasteiger partial charge in [0.1, 0.15) is 0 Å². The van der Waals surface area contributed by atoms with E-state index in [4.69, 9.17) is 9.84 Å². The third-order valence-electron chi connectivity index (χ3n) is 4.17. The van der Waals surface area contributed by atoms with Crippen LogP contribution >= 0.6 is 0 Å². The molecule has 0 saturated heterocycles. The molecule has 6 nitrogen and oxygen atoms in total. The van der Waals surface area contributed by atoms with Crippen molar-refractivity contribution in [1.29, 1.82) is 0 Å². The summed E-state index contributed by atoms with van der Waals surface area (Å²) < 4.78 is 7.32. The van der Waals surface area contributed by atoms with Gasteiger partial charge in [-0.1, -0.05) is 32.0 Å². The van der Waals surface area contributed by atoms with E-state index in [0.29, 0.717) is 32.1 Å². The van der Waals surface area contributed by atoms with Gasteiger partial charge in [-0.15, -0.1) is 0 Å².